The largest absolute Gasteiger partial charge is 0.373 e. The third-order valence-corrected chi connectivity index (χ3v) is 3.56. The quantitative estimate of drug-likeness (QED) is 0.919. The highest BCUT2D eigenvalue weighted by Gasteiger charge is 2.29. The summed E-state index contributed by atoms with van der Waals surface area (Å²) in [5.74, 6) is 2.66. The molecule has 1 aliphatic heterocycles. The number of rotatable bonds is 3. The fraction of sp³-hybridized carbons (Fsp3) is 0.429. The van der Waals surface area contributed by atoms with Crippen LogP contribution < -0.4 is 10.2 Å². The second-order valence-electron chi connectivity index (χ2n) is 4.92. The van der Waals surface area contributed by atoms with Gasteiger partial charge in [-0.2, -0.15) is 0 Å². The third kappa shape index (κ3) is 2.41. The molecule has 0 saturated carbocycles. The molecule has 0 amide bonds. The van der Waals surface area contributed by atoms with Crippen LogP contribution in [0.2, 0.25) is 0 Å². The number of aromatic nitrogens is 4. The summed E-state index contributed by atoms with van der Waals surface area (Å²) in [7, 11) is 1.87. The van der Waals surface area contributed by atoms with Crippen LogP contribution in [-0.2, 0) is 0 Å². The van der Waals surface area contributed by atoms with Gasteiger partial charge in [-0.25, -0.2) is 19.9 Å². The standard InChI is InChI=1S/C14H18N6/c1-10-8-13(18-9-17-10)20-7-3-4-11(20)14-16-6-5-12(15-2)19-14/h5-6,8-9,11H,3-4,7H2,1-2H3,(H,15,16,19)/t11-/m0/s1. The van der Waals surface area contributed by atoms with Crippen molar-refractivity contribution in [1.82, 2.24) is 19.9 Å². The first kappa shape index (κ1) is 12.8. The van der Waals surface area contributed by atoms with E-state index in [0.29, 0.717) is 0 Å². The molecule has 6 heteroatoms. The van der Waals surface area contributed by atoms with Crippen LogP contribution in [0, 0.1) is 6.92 Å². The molecule has 3 heterocycles. The van der Waals surface area contributed by atoms with Crippen molar-refractivity contribution in [3.63, 3.8) is 0 Å². The van der Waals surface area contributed by atoms with E-state index in [1.807, 2.05) is 26.1 Å². The lowest BCUT2D eigenvalue weighted by Crippen LogP contribution is -2.25. The lowest BCUT2D eigenvalue weighted by molar-refractivity contribution is 0.660. The molecular formula is C14H18N6. The van der Waals surface area contributed by atoms with Crippen LogP contribution in [0.5, 0.6) is 0 Å². The molecular weight excluding hydrogens is 252 g/mol. The first-order valence-electron chi connectivity index (χ1n) is 6.84. The van der Waals surface area contributed by atoms with Gasteiger partial charge in [0.1, 0.15) is 18.0 Å². The molecule has 6 nitrogen and oxygen atoms in total. The average Bonchev–Trinajstić information content (AvgIpc) is 2.97. The topological polar surface area (TPSA) is 66.8 Å². The fourth-order valence-electron chi connectivity index (χ4n) is 2.58. The lowest BCUT2D eigenvalue weighted by Gasteiger charge is -2.24. The molecule has 1 fully saturated rings. The van der Waals surface area contributed by atoms with Crippen LogP contribution in [0.1, 0.15) is 30.4 Å². The number of hydrogen-bond acceptors (Lipinski definition) is 6. The Balaban J connectivity index is 1.92. The Morgan fingerprint density at radius 2 is 2.20 bits per heavy atom. The second kappa shape index (κ2) is 5.40. The predicted octanol–water partition coefficient (Wildman–Crippen LogP) is 1.96. The number of anilines is 2. The van der Waals surface area contributed by atoms with Gasteiger partial charge in [-0.05, 0) is 25.8 Å². The number of aryl methyl sites for hydroxylation is 1. The fourth-order valence-corrected chi connectivity index (χ4v) is 2.58. The Kier molecular flexibility index (Phi) is 3.45. The minimum absolute atomic E-state index is 0.192. The highest BCUT2D eigenvalue weighted by molar-refractivity contribution is 5.43. The number of nitrogens with one attached hydrogen (secondary N) is 1. The minimum atomic E-state index is 0.192. The Bertz CT molecular complexity index is 600. The maximum atomic E-state index is 4.56. The van der Waals surface area contributed by atoms with Gasteiger partial charge in [0, 0.05) is 31.5 Å². The van der Waals surface area contributed by atoms with Gasteiger partial charge in [-0.15, -0.1) is 0 Å². The maximum absolute atomic E-state index is 4.56. The molecule has 1 N–H and O–H groups in total. The summed E-state index contributed by atoms with van der Waals surface area (Å²) >= 11 is 0. The molecule has 0 spiro atoms. The molecule has 0 unspecified atom stereocenters. The van der Waals surface area contributed by atoms with Gasteiger partial charge in [0.05, 0.1) is 6.04 Å². The van der Waals surface area contributed by atoms with Crippen LogP contribution in [-0.4, -0.2) is 33.5 Å². The van der Waals surface area contributed by atoms with E-state index in [9.17, 15) is 0 Å². The zero-order valence-electron chi connectivity index (χ0n) is 11.7. The van der Waals surface area contributed by atoms with Gasteiger partial charge in [-0.1, -0.05) is 0 Å². The zero-order valence-corrected chi connectivity index (χ0v) is 11.7. The first-order valence-corrected chi connectivity index (χ1v) is 6.84. The first-order chi connectivity index (χ1) is 9.78. The van der Waals surface area contributed by atoms with Crippen molar-refractivity contribution in [3.05, 3.63) is 36.2 Å². The Morgan fingerprint density at radius 3 is 3.00 bits per heavy atom. The van der Waals surface area contributed by atoms with Crippen molar-refractivity contribution in [2.45, 2.75) is 25.8 Å². The van der Waals surface area contributed by atoms with Crippen molar-refractivity contribution in [1.29, 1.82) is 0 Å². The molecule has 0 aliphatic carbocycles. The van der Waals surface area contributed by atoms with E-state index in [-0.39, 0.29) is 6.04 Å². The summed E-state index contributed by atoms with van der Waals surface area (Å²) < 4.78 is 0. The van der Waals surface area contributed by atoms with E-state index in [0.717, 1.165) is 42.5 Å². The van der Waals surface area contributed by atoms with Gasteiger partial charge in [0.15, 0.2) is 5.82 Å². The maximum Gasteiger partial charge on any atom is 0.153 e. The van der Waals surface area contributed by atoms with E-state index < -0.39 is 0 Å². The molecule has 20 heavy (non-hydrogen) atoms. The molecule has 104 valence electrons. The monoisotopic (exact) mass is 270 g/mol. The summed E-state index contributed by atoms with van der Waals surface area (Å²) in [5.41, 5.74) is 0.977. The van der Waals surface area contributed by atoms with Crippen LogP contribution in [0.4, 0.5) is 11.6 Å². The van der Waals surface area contributed by atoms with E-state index >= 15 is 0 Å². The molecule has 0 radical (unpaired) electrons. The minimum Gasteiger partial charge on any atom is -0.373 e. The van der Waals surface area contributed by atoms with E-state index in [1.54, 1.807) is 12.5 Å². The van der Waals surface area contributed by atoms with Gasteiger partial charge in [0.2, 0.25) is 0 Å². The summed E-state index contributed by atoms with van der Waals surface area (Å²) in [6.45, 7) is 2.96. The van der Waals surface area contributed by atoms with Crippen LogP contribution in [0.25, 0.3) is 0 Å². The summed E-state index contributed by atoms with van der Waals surface area (Å²) in [6.07, 6.45) is 5.60. The third-order valence-electron chi connectivity index (χ3n) is 3.56. The average molecular weight is 270 g/mol. The van der Waals surface area contributed by atoms with Gasteiger partial charge in [-0.3, -0.25) is 0 Å². The molecule has 2 aromatic rings. The van der Waals surface area contributed by atoms with Crippen molar-refractivity contribution in [2.75, 3.05) is 23.8 Å². The number of hydrogen-bond donors (Lipinski definition) is 1. The normalized spacial score (nSPS) is 18.3. The Morgan fingerprint density at radius 1 is 1.30 bits per heavy atom. The zero-order chi connectivity index (χ0) is 13.9. The highest BCUT2D eigenvalue weighted by atomic mass is 15.3. The predicted molar refractivity (Wildman–Crippen MR) is 77.7 cm³/mol. The van der Waals surface area contributed by atoms with Crippen molar-refractivity contribution >= 4 is 11.6 Å². The summed E-state index contributed by atoms with van der Waals surface area (Å²) in [6, 6.07) is 4.08. The van der Waals surface area contributed by atoms with Crippen LogP contribution in [0.15, 0.2) is 24.7 Å². The SMILES string of the molecule is CNc1ccnc([C@@H]2CCCN2c2cc(C)ncn2)n1. The molecule has 0 bridgehead atoms. The van der Waals surface area contributed by atoms with E-state index in [2.05, 4.69) is 30.2 Å². The molecule has 0 aromatic carbocycles. The summed E-state index contributed by atoms with van der Waals surface area (Å²) in [4.78, 5) is 19.8. The summed E-state index contributed by atoms with van der Waals surface area (Å²) in [5, 5.41) is 3.06. The molecule has 2 aromatic heterocycles. The Labute approximate surface area is 118 Å². The van der Waals surface area contributed by atoms with Crippen LogP contribution in [0.3, 0.4) is 0 Å². The second-order valence-corrected chi connectivity index (χ2v) is 4.92. The van der Waals surface area contributed by atoms with Gasteiger partial charge in [0.25, 0.3) is 0 Å². The Hall–Kier alpha value is -2.24. The van der Waals surface area contributed by atoms with Crippen molar-refractivity contribution in [3.8, 4) is 0 Å². The van der Waals surface area contributed by atoms with Crippen molar-refractivity contribution in [2.24, 2.45) is 0 Å². The molecule has 1 atom stereocenters. The van der Waals surface area contributed by atoms with E-state index in [1.165, 1.54) is 0 Å². The lowest BCUT2D eigenvalue weighted by atomic mass is 10.2. The van der Waals surface area contributed by atoms with Gasteiger partial charge < -0.3 is 10.2 Å². The van der Waals surface area contributed by atoms with Crippen LogP contribution >= 0.6 is 0 Å². The number of nitrogens with zero attached hydrogens (tertiary/aromatic N) is 5. The van der Waals surface area contributed by atoms with E-state index in [4.69, 9.17) is 0 Å². The van der Waals surface area contributed by atoms with Crippen molar-refractivity contribution < 1.29 is 0 Å². The molecule has 1 saturated heterocycles. The van der Waals surface area contributed by atoms with Gasteiger partial charge >= 0.3 is 0 Å². The smallest absolute Gasteiger partial charge is 0.153 e. The highest BCUT2D eigenvalue weighted by Crippen LogP contribution is 2.33. The molecule has 1 aliphatic rings. The molecule has 3 rings (SSSR count).